The topological polar surface area (TPSA) is 18.0 Å². The molecular weight excluding hydrogens is 248 g/mol. The average Bonchev–Trinajstić information content (AvgIpc) is 2.85. The van der Waals surface area contributed by atoms with Crippen LogP contribution in [0.1, 0.15) is 12.5 Å². The van der Waals surface area contributed by atoms with Gasteiger partial charge >= 0.3 is 0 Å². The van der Waals surface area contributed by atoms with Crippen molar-refractivity contribution in [3.05, 3.63) is 66.5 Å². The standard InChI is InChI=1S/C17H19N2O/c1-2-20-14-19-13-18(12-15-8-4-3-5-9-15)16-10-6-7-11-17(16)19/h3-11,13H,2,12,14H2,1H3/q+1. The molecular formula is C17H19N2O+. The van der Waals surface area contributed by atoms with Crippen LogP contribution in [0, 0.1) is 0 Å². The minimum Gasteiger partial charge on any atom is -0.342 e. The Morgan fingerprint density at radius 3 is 2.55 bits per heavy atom. The fraction of sp³-hybridized carbons (Fsp3) is 0.235. The van der Waals surface area contributed by atoms with Gasteiger partial charge in [-0.05, 0) is 24.6 Å². The highest BCUT2D eigenvalue weighted by molar-refractivity contribution is 5.71. The van der Waals surface area contributed by atoms with E-state index >= 15 is 0 Å². The predicted octanol–water partition coefficient (Wildman–Crippen LogP) is 2.97. The van der Waals surface area contributed by atoms with Gasteiger partial charge in [0.15, 0.2) is 17.8 Å². The number of fused-ring (bicyclic) bond motifs is 1. The Morgan fingerprint density at radius 2 is 1.75 bits per heavy atom. The van der Waals surface area contributed by atoms with E-state index in [4.69, 9.17) is 4.74 Å². The molecule has 0 unspecified atom stereocenters. The highest BCUT2D eigenvalue weighted by atomic mass is 16.5. The van der Waals surface area contributed by atoms with Crippen molar-refractivity contribution in [3.63, 3.8) is 0 Å². The molecule has 0 atom stereocenters. The molecule has 3 aromatic rings. The lowest BCUT2D eigenvalue weighted by Gasteiger charge is -1.98. The van der Waals surface area contributed by atoms with Crippen molar-refractivity contribution in [2.45, 2.75) is 20.2 Å². The molecule has 1 aromatic heterocycles. The summed E-state index contributed by atoms with van der Waals surface area (Å²) in [5.41, 5.74) is 3.74. The number of hydrogen-bond acceptors (Lipinski definition) is 1. The Balaban J connectivity index is 1.98. The lowest BCUT2D eigenvalue weighted by Crippen LogP contribution is -2.32. The van der Waals surface area contributed by atoms with E-state index in [1.54, 1.807) is 0 Å². The Labute approximate surface area is 119 Å². The summed E-state index contributed by atoms with van der Waals surface area (Å²) in [7, 11) is 0. The van der Waals surface area contributed by atoms with Crippen LogP contribution < -0.4 is 4.57 Å². The Hall–Kier alpha value is -2.13. The maximum absolute atomic E-state index is 5.54. The van der Waals surface area contributed by atoms with E-state index in [2.05, 4.69) is 64.0 Å². The van der Waals surface area contributed by atoms with Gasteiger partial charge in [0.1, 0.15) is 6.54 Å². The van der Waals surface area contributed by atoms with E-state index < -0.39 is 0 Å². The number of benzene rings is 2. The number of nitrogens with zero attached hydrogens (tertiary/aromatic N) is 2. The van der Waals surface area contributed by atoms with Crippen molar-refractivity contribution >= 4 is 11.0 Å². The average molecular weight is 267 g/mol. The first-order valence-electron chi connectivity index (χ1n) is 6.97. The summed E-state index contributed by atoms with van der Waals surface area (Å²) in [6.45, 7) is 4.22. The fourth-order valence-electron chi connectivity index (χ4n) is 2.44. The molecule has 0 saturated carbocycles. The SMILES string of the molecule is CCOCn1c[n+](Cc2ccccc2)c2ccccc21. The minimum absolute atomic E-state index is 0.596. The van der Waals surface area contributed by atoms with Crippen molar-refractivity contribution in [1.29, 1.82) is 0 Å². The monoisotopic (exact) mass is 267 g/mol. The van der Waals surface area contributed by atoms with E-state index in [0.29, 0.717) is 6.73 Å². The summed E-state index contributed by atoms with van der Waals surface area (Å²) in [4.78, 5) is 0. The number of hydrogen-bond donors (Lipinski definition) is 0. The number of imidazole rings is 1. The van der Waals surface area contributed by atoms with Gasteiger partial charge in [0.2, 0.25) is 6.33 Å². The molecule has 0 bridgehead atoms. The molecule has 102 valence electrons. The van der Waals surface area contributed by atoms with Crippen LogP contribution in [-0.4, -0.2) is 11.2 Å². The molecule has 0 N–H and O–H groups in total. The number of ether oxygens (including phenoxy) is 1. The van der Waals surface area contributed by atoms with Crippen LogP contribution >= 0.6 is 0 Å². The third kappa shape index (κ3) is 2.58. The van der Waals surface area contributed by atoms with Gasteiger partial charge in [-0.15, -0.1) is 0 Å². The molecule has 0 fully saturated rings. The van der Waals surface area contributed by atoms with E-state index in [-0.39, 0.29) is 0 Å². The summed E-state index contributed by atoms with van der Waals surface area (Å²) in [6, 6.07) is 18.9. The smallest absolute Gasteiger partial charge is 0.246 e. The van der Waals surface area contributed by atoms with Crippen LogP contribution in [0.3, 0.4) is 0 Å². The minimum atomic E-state index is 0.596. The van der Waals surface area contributed by atoms with Crippen molar-refractivity contribution < 1.29 is 9.30 Å². The van der Waals surface area contributed by atoms with E-state index in [1.165, 1.54) is 16.6 Å². The fourth-order valence-corrected chi connectivity index (χ4v) is 2.44. The molecule has 0 spiro atoms. The zero-order valence-electron chi connectivity index (χ0n) is 11.7. The number of para-hydroxylation sites is 2. The van der Waals surface area contributed by atoms with Crippen molar-refractivity contribution in [1.82, 2.24) is 4.57 Å². The summed E-state index contributed by atoms with van der Waals surface area (Å²) >= 11 is 0. The molecule has 0 aliphatic heterocycles. The highest BCUT2D eigenvalue weighted by Gasteiger charge is 2.14. The third-order valence-corrected chi connectivity index (χ3v) is 3.41. The Bertz CT molecular complexity index is 689. The number of aromatic nitrogens is 2. The lowest BCUT2D eigenvalue weighted by molar-refractivity contribution is -0.663. The largest absolute Gasteiger partial charge is 0.342 e. The number of rotatable bonds is 5. The summed E-state index contributed by atoms with van der Waals surface area (Å²) < 4.78 is 9.96. The van der Waals surface area contributed by atoms with E-state index in [1.807, 2.05) is 13.0 Å². The van der Waals surface area contributed by atoms with Gasteiger partial charge in [0.05, 0.1) is 0 Å². The van der Waals surface area contributed by atoms with Crippen LogP contribution in [0.15, 0.2) is 60.9 Å². The van der Waals surface area contributed by atoms with Crippen molar-refractivity contribution in [3.8, 4) is 0 Å². The Kier molecular flexibility index (Phi) is 3.79. The van der Waals surface area contributed by atoms with Crippen molar-refractivity contribution in [2.75, 3.05) is 6.61 Å². The normalized spacial score (nSPS) is 11.1. The zero-order valence-corrected chi connectivity index (χ0v) is 11.7. The van der Waals surface area contributed by atoms with Gasteiger partial charge < -0.3 is 4.74 Å². The van der Waals surface area contributed by atoms with E-state index in [9.17, 15) is 0 Å². The lowest BCUT2D eigenvalue weighted by atomic mass is 10.2. The first kappa shape index (κ1) is 12.9. The first-order chi connectivity index (χ1) is 9.88. The molecule has 3 nitrogen and oxygen atoms in total. The first-order valence-corrected chi connectivity index (χ1v) is 6.97. The zero-order chi connectivity index (χ0) is 13.8. The van der Waals surface area contributed by atoms with Crippen LogP contribution in [0.2, 0.25) is 0 Å². The van der Waals surface area contributed by atoms with Crippen LogP contribution in [0.4, 0.5) is 0 Å². The van der Waals surface area contributed by atoms with Gasteiger partial charge in [-0.3, -0.25) is 0 Å². The molecule has 2 aromatic carbocycles. The van der Waals surface area contributed by atoms with Crippen LogP contribution in [0.5, 0.6) is 0 Å². The van der Waals surface area contributed by atoms with Gasteiger partial charge in [0.25, 0.3) is 0 Å². The second kappa shape index (κ2) is 5.88. The maximum Gasteiger partial charge on any atom is 0.246 e. The summed E-state index contributed by atoms with van der Waals surface area (Å²) in [6.07, 6.45) is 2.13. The maximum atomic E-state index is 5.54. The van der Waals surface area contributed by atoms with Gasteiger partial charge in [-0.1, -0.05) is 42.5 Å². The summed E-state index contributed by atoms with van der Waals surface area (Å²) in [5.74, 6) is 0. The Morgan fingerprint density at radius 1 is 1.00 bits per heavy atom. The van der Waals surface area contributed by atoms with Gasteiger partial charge in [0, 0.05) is 6.61 Å². The molecule has 0 amide bonds. The molecule has 0 aliphatic rings. The molecule has 0 radical (unpaired) electrons. The highest BCUT2D eigenvalue weighted by Crippen LogP contribution is 2.11. The molecule has 1 heterocycles. The molecule has 3 heteroatoms. The quantitative estimate of drug-likeness (QED) is 0.650. The second-order valence-electron chi connectivity index (χ2n) is 4.81. The third-order valence-electron chi connectivity index (χ3n) is 3.41. The van der Waals surface area contributed by atoms with Crippen molar-refractivity contribution in [2.24, 2.45) is 0 Å². The molecule has 0 saturated heterocycles. The van der Waals surface area contributed by atoms with E-state index in [0.717, 1.165) is 13.2 Å². The predicted molar refractivity (Wildman–Crippen MR) is 79.3 cm³/mol. The molecule has 20 heavy (non-hydrogen) atoms. The summed E-state index contributed by atoms with van der Waals surface area (Å²) in [5, 5.41) is 0. The van der Waals surface area contributed by atoms with Gasteiger partial charge in [-0.25, -0.2) is 9.13 Å². The molecule has 3 rings (SSSR count). The molecule has 0 aliphatic carbocycles. The second-order valence-corrected chi connectivity index (χ2v) is 4.81. The van der Waals surface area contributed by atoms with Gasteiger partial charge in [-0.2, -0.15) is 0 Å². The van der Waals surface area contributed by atoms with Crippen LogP contribution in [-0.2, 0) is 18.0 Å². The van der Waals surface area contributed by atoms with Crippen LogP contribution in [0.25, 0.3) is 11.0 Å².